The van der Waals surface area contributed by atoms with Crippen LogP contribution in [0.1, 0.15) is 5.56 Å². The van der Waals surface area contributed by atoms with E-state index < -0.39 is 0 Å². The lowest BCUT2D eigenvalue weighted by Gasteiger charge is -2.10. The SMILES string of the molecule is COc1cc(-c2c3c[nH][nH]c3nc3c2oc2c(C)c(=O)ccc23)cc(O)c1O. The minimum Gasteiger partial charge on any atom is -0.504 e. The van der Waals surface area contributed by atoms with Crippen molar-refractivity contribution in [2.75, 3.05) is 7.11 Å². The monoisotopic (exact) mass is 377 g/mol. The van der Waals surface area contributed by atoms with Crippen molar-refractivity contribution < 1.29 is 19.4 Å². The summed E-state index contributed by atoms with van der Waals surface area (Å²) in [6, 6.07) is 6.22. The lowest BCUT2D eigenvalue weighted by atomic mass is 10.0. The highest BCUT2D eigenvalue weighted by Crippen LogP contribution is 2.44. The summed E-state index contributed by atoms with van der Waals surface area (Å²) in [5, 5.41) is 27.5. The molecule has 5 rings (SSSR count). The Balaban J connectivity index is 1.99. The second kappa shape index (κ2) is 5.53. The summed E-state index contributed by atoms with van der Waals surface area (Å²) in [5.74, 6) is -0.534. The normalized spacial score (nSPS) is 11.6. The largest absolute Gasteiger partial charge is 0.504 e. The predicted molar refractivity (Wildman–Crippen MR) is 104 cm³/mol. The van der Waals surface area contributed by atoms with E-state index in [4.69, 9.17) is 9.15 Å². The van der Waals surface area contributed by atoms with Crippen LogP contribution in [0.25, 0.3) is 44.2 Å². The molecule has 0 fully saturated rings. The van der Waals surface area contributed by atoms with Gasteiger partial charge >= 0.3 is 0 Å². The topological polar surface area (TPSA) is 124 Å². The van der Waals surface area contributed by atoms with Crippen molar-refractivity contribution in [1.29, 1.82) is 0 Å². The number of nitrogens with zero attached hydrogens (tertiary/aromatic N) is 1. The van der Waals surface area contributed by atoms with Crippen LogP contribution in [0.2, 0.25) is 0 Å². The number of aromatic hydroxyl groups is 2. The zero-order valence-corrected chi connectivity index (χ0v) is 15.0. The summed E-state index contributed by atoms with van der Waals surface area (Å²) in [7, 11) is 1.40. The van der Waals surface area contributed by atoms with E-state index in [1.165, 1.54) is 19.2 Å². The molecule has 0 amide bonds. The molecule has 2 aromatic carbocycles. The molecule has 28 heavy (non-hydrogen) atoms. The van der Waals surface area contributed by atoms with Gasteiger partial charge in [0.25, 0.3) is 0 Å². The Morgan fingerprint density at radius 1 is 1.14 bits per heavy atom. The average Bonchev–Trinajstić information content (AvgIpc) is 3.29. The molecule has 0 saturated carbocycles. The van der Waals surface area contributed by atoms with E-state index in [1.54, 1.807) is 25.3 Å². The molecule has 3 heterocycles. The fraction of sp³-hybridized carbons (Fsp3) is 0.100. The number of benzene rings is 2. The summed E-state index contributed by atoms with van der Waals surface area (Å²) >= 11 is 0. The zero-order valence-electron chi connectivity index (χ0n) is 15.0. The fourth-order valence-electron chi connectivity index (χ4n) is 3.55. The maximum absolute atomic E-state index is 12.0. The van der Waals surface area contributed by atoms with E-state index in [0.29, 0.717) is 39.0 Å². The van der Waals surface area contributed by atoms with Gasteiger partial charge in [-0.2, -0.15) is 0 Å². The number of hydrogen-bond donors (Lipinski definition) is 4. The number of ether oxygens (including phenoxy) is 1. The number of nitrogens with one attached hydrogen (secondary N) is 2. The third-order valence-electron chi connectivity index (χ3n) is 4.98. The molecule has 4 N–H and O–H groups in total. The fourth-order valence-corrected chi connectivity index (χ4v) is 3.55. The number of H-pyrrole nitrogens is 2. The molecule has 140 valence electrons. The summed E-state index contributed by atoms with van der Waals surface area (Å²) in [6.45, 7) is 1.71. The zero-order chi connectivity index (χ0) is 19.6. The number of phenolic OH excluding ortho intramolecular Hbond substituents is 2. The Hall–Kier alpha value is -3.94. The van der Waals surface area contributed by atoms with Gasteiger partial charge in [-0.25, -0.2) is 4.98 Å². The van der Waals surface area contributed by atoms with Crippen LogP contribution in [-0.4, -0.2) is 32.5 Å². The van der Waals surface area contributed by atoms with E-state index in [-0.39, 0.29) is 22.7 Å². The van der Waals surface area contributed by atoms with Crippen LogP contribution in [0.3, 0.4) is 0 Å². The standard InChI is InChI=1S/C20H15N3O5/c1-8-12(24)4-3-10-16-19(28-18(8)10)15(11-7-21-23-20(11)22-16)9-5-13(25)17(26)14(6-9)27-2/h3-7,25-26H,1-2H3,(H2,21,22,23). The Morgan fingerprint density at radius 2 is 1.96 bits per heavy atom. The number of aromatic amines is 2. The van der Waals surface area contributed by atoms with Gasteiger partial charge in [-0.1, -0.05) is 0 Å². The van der Waals surface area contributed by atoms with Gasteiger partial charge in [0.2, 0.25) is 5.75 Å². The van der Waals surface area contributed by atoms with Crippen LogP contribution >= 0.6 is 0 Å². The molecule has 8 nitrogen and oxygen atoms in total. The summed E-state index contributed by atoms with van der Waals surface area (Å²) < 4.78 is 11.3. The van der Waals surface area contributed by atoms with Crippen molar-refractivity contribution in [3.8, 4) is 28.4 Å². The number of furan rings is 1. The number of phenols is 2. The first-order valence-electron chi connectivity index (χ1n) is 8.51. The number of aryl methyl sites for hydroxylation is 1. The van der Waals surface area contributed by atoms with Crippen molar-refractivity contribution in [2.45, 2.75) is 6.92 Å². The van der Waals surface area contributed by atoms with Gasteiger partial charge in [-0.05, 0) is 36.8 Å². The smallest absolute Gasteiger partial charge is 0.200 e. The minimum absolute atomic E-state index is 0.115. The average molecular weight is 377 g/mol. The van der Waals surface area contributed by atoms with Crippen LogP contribution < -0.4 is 10.2 Å². The highest BCUT2D eigenvalue weighted by Gasteiger charge is 2.22. The third kappa shape index (κ3) is 2.05. The molecule has 0 spiro atoms. The Kier molecular flexibility index (Phi) is 3.21. The van der Waals surface area contributed by atoms with Crippen molar-refractivity contribution in [2.24, 2.45) is 0 Å². The number of hydrogen-bond acceptors (Lipinski definition) is 6. The van der Waals surface area contributed by atoms with Crippen LogP contribution in [0.5, 0.6) is 17.2 Å². The van der Waals surface area contributed by atoms with Crippen LogP contribution in [0.15, 0.2) is 39.7 Å². The van der Waals surface area contributed by atoms with Crippen molar-refractivity contribution in [3.63, 3.8) is 0 Å². The number of aromatic nitrogens is 3. The van der Waals surface area contributed by atoms with Gasteiger partial charge < -0.3 is 24.5 Å². The quantitative estimate of drug-likeness (QED) is 0.349. The van der Waals surface area contributed by atoms with E-state index in [1.807, 2.05) is 0 Å². The molecular weight excluding hydrogens is 362 g/mol. The van der Waals surface area contributed by atoms with E-state index in [9.17, 15) is 15.0 Å². The first-order valence-corrected chi connectivity index (χ1v) is 8.51. The molecule has 5 aromatic rings. The number of fused-ring (bicyclic) bond motifs is 4. The maximum atomic E-state index is 12.0. The molecule has 8 heteroatoms. The molecule has 0 aliphatic rings. The van der Waals surface area contributed by atoms with Crippen LogP contribution in [0, 0.1) is 6.92 Å². The summed E-state index contributed by atoms with van der Waals surface area (Å²) in [6.07, 6.45) is 1.73. The number of rotatable bonds is 2. The molecule has 0 radical (unpaired) electrons. The molecule has 0 aliphatic carbocycles. The maximum Gasteiger partial charge on any atom is 0.200 e. The Labute approximate surface area is 157 Å². The van der Waals surface area contributed by atoms with Gasteiger partial charge in [0.1, 0.15) is 11.1 Å². The minimum atomic E-state index is -0.343. The van der Waals surface area contributed by atoms with Crippen LogP contribution in [0.4, 0.5) is 0 Å². The lowest BCUT2D eigenvalue weighted by Crippen LogP contribution is -2.01. The highest BCUT2D eigenvalue weighted by atomic mass is 16.5. The van der Waals surface area contributed by atoms with Gasteiger partial charge in [-0.15, -0.1) is 0 Å². The van der Waals surface area contributed by atoms with Crippen LogP contribution in [-0.2, 0) is 0 Å². The molecule has 0 saturated heterocycles. The second-order valence-corrected chi connectivity index (χ2v) is 6.55. The molecule has 3 aromatic heterocycles. The van der Waals surface area contributed by atoms with E-state index in [2.05, 4.69) is 15.2 Å². The molecule has 0 atom stereocenters. The highest BCUT2D eigenvalue weighted by molar-refractivity contribution is 6.14. The molecule has 0 unspecified atom stereocenters. The van der Waals surface area contributed by atoms with Crippen molar-refractivity contribution in [1.82, 2.24) is 15.2 Å². The summed E-state index contributed by atoms with van der Waals surface area (Å²) in [4.78, 5) is 16.7. The lowest BCUT2D eigenvalue weighted by molar-refractivity contribution is 0.351. The molecular formula is C20H15N3O5. The number of methoxy groups -OCH3 is 1. The van der Waals surface area contributed by atoms with Crippen molar-refractivity contribution in [3.05, 3.63) is 46.2 Å². The van der Waals surface area contributed by atoms with Crippen molar-refractivity contribution >= 4 is 33.1 Å². The van der Waals surface area contributed by atoms with Gasteiger partial charge in [0.05, 0.1) is 7.11 Å². The molecule has 0 aliphatic heterocycles. The van der Waals surface area contributed by atoms with Gasteiger partial charge in [0.15, 0.2) is 28.2 Å². The Morgan fingerprint density at radius 3 is 2.75 bits per heavy atom. The second-order valence-electron chi connectivity index (χ2n) is 6.55. The first kappa shape index (κ1) is 16.2. The first-order chi connectivity index (χ1) is 13.5. The number of pyridine rings is 1. The Bertz CT molecular complexity index is 1460. The summed E-state index contributed by atoms with van der Waals surface area (Å²) in [5.41, 5.74) is 3.72. The van der Waals surface area contributed by atoms with E-state index in [0.717, 1.165) is 10.8 Å². The molecule has 0 bridgehead atoms. The van der Waals surface area contributed by atoms with E-state index >= 15 is 0 Å². The predicted octanol–water partition coefficient (Wildman–Crippen LogP) is 3.55. The van der Waals surface area contributed by atoms with Gasteiger partial charge in [0, 0.05) is 28.1 Å². The third-order valence-corrected chi connectivity index (χ3v) is 4.98. The van der Waals surface area contributed by atoms with Gasteiger partial charge in [-0.3, -0.25) is 9.89 Å².